The van der Waals surface area contributed by atoms with Crippen molar-refractivity contribution in [3.8, 4) is 0 Å². The third-order valence-corrected chi connectivity index (χ3v) is 6.83. The second-order valence-electron chi connectivity index (χ2n) is 7.04. The van der Waals surface area contributed by atoms with Gasteiger partial charge in [0.05, 0.1) is 4.90 Å². The smallest absolute Gasteiger partial charge is 0.243 e. The number of rotatable bonds is 7. The van der Waals surface area contributed by atoms with E-state index in [-0.39, 0.29) is 0 Å². The molecular weight excluding hydrogens is 386 g/mol. The van der Waals surface area contributed by atoms with E-state index in [0.29, 0.717) is 37.0 Å². The van der Waals surface area contributed by atoms with Gasteiger partial charge in [-0.2, -0.15) is 4.31 Å². The van der Waals surface area contributed by atoms with Gasteiger partial charge in [0.15, 0.2) is 5.96 Å². The van der Waals surface area contributed by atoms with E-state index in [9.17, 15) is 8.42 Å². The summed E-state index contributed by atoms with van der Waals surface area (Å²) in [6.07, 6.45) is 5.54. The first-order valence-corrected chi connectivity index (χ1v) is 11.5. The van der Waals surface area contributed by atoms with Crippen molar-refractivity contribution >= 4 is 16.0 Å². The molecule has 1 aromatic carbocycles. The van der Waals surface area contributed by atoms with E-state index in [2.05, 4.69) is 20.6 Å². The van der Waals surface area contributed by atoms with Crippen LogP contribution in [-0.4, -0.2) is 50.3 Å². The van der Waals surface area contributed by atoms with Gasteiger partial charge in [-0.25, -0.2) is 8.42 Å². The Bertz CT molecular complexity index is 910. The highest BCUT2D eigenvalue weighted by Crippen LogP contribution is 2.21. The van der Waals surface area contributed by atoms with Crippen LogP contribution < -0.4 is 10.6 Å². The van der Waals surface area contributed by atoms with Gasteiger partial charge in [-0.05, 0) is 42.7 Å². The van der Waals surface area contributed by atoms with Crippen molar-refractivity contribution in [1.29, 1.82) is 0 Å². The summed E-state index contributed by atoms with van der Waals surface area (Å²) in [5.74, 6) is 0.672. The number of hydrogen-bond donors (Lipinski definition) is 2. The highest BCUT2D eigenvalue weighted by Gasteiger charge is 2.25. The number of sulfonamides is 1. The molecule has 8 heteroatoms. The SMILES string of the molecule is CN=C(NCCc1ccccn1)NCc1cccc(S(=O)(=O)N2CCCCC2)c1. The van der Waals surface area contributed by atoms with E-state index >= 15 is 0 Å². The fraction of sp³-hybridized carbons (Fsp3) is 0.429. The zero-order valence-electron chi connectivity index (χ0n) is 16.8. The second kappa shape index (κ2) is 10.4. The number of piperidine rings is 1. The van der Waals surface area contributed by atoms with Gasteiger partial charge < -0.3 is 10.6 Å². The molecule has 0 saturated carbocycles. The van der Waals surface area contributed by atoms with Gasteiger partial charge in [0, 0.05) is 51.5 Å². The van der Waals surface area contributed by atoms with Crippen molar-refractivity contribution in [2.75, 3.05) is 26.7 Å². The van der Waals surface area contributed by atoms with E-state index in [0.717, 1.165) is 36.9 Å². The molecule has 0 bridgehead atoms. The molecule has 0 radical (unpaired) electrons. The largest absolute Gasteiger partial charge is 0.356 e. The lowest BCUT2D eigenvalue weighted by Gasteiger charge is -2.26. The third kappa shape index (κ3) is 6.01. The van der Waals surface area contributed by atoms with Gasteiger partial charge in [0.2, 0.25) is 10.0 Å². The molecule has 2 aromatic rings. The standard InChI is InChI=1S/C21H29N5O2S/c1-22-21(24-13-11-19-9-3-4-12-23-19)25-17-18-8-7-10-20(16-18)29(27,28)26-14-5-2-6-15-26/h3-4,7-10,12,16H,2,5-6,11,13-15,17H2,1H3,(H2,22,24,25). The average Bonchev–Trinajstić information content (AvgIpc) is 2.77. The zero-order chi connectivity index (χ0) is 20.5. The lowest BCUT2D eigenvalue weighted by molar-refractivity contribution is 0.346. The van der Waals surface area contributed by atoms with Gasteiger partial charge in [-0.1, -0.05) is 24.6 Å². The van der Waals surface area contributed by atoms with Crippen LogP contribution in [0.3, 0.4) is 0 Å². The Morgan fingerprint density at radius 3 is 2.66 bits per heavy atom. The van der Waals surface area contributed by atoms with Crippen LogP contribution in [0.1, 0.15) is 30.5 Å². The molecule has 156 valence electrons. The molecule has 0 amide bonds. The Morgan fingerprint density at radius 1 is 1.10 bits per heavy atom. The van der Waals surface area contributed by atoms with E-state index in [1.54, 1.807) is 35.7 Å². The number of hydrogen-bond acceptors (Lipinski definition) is 4. The summed E-state index contributed by atoms with van der Waals surface area (Å²) in [7, 11) is -1.71. The maximum absolute atomic E-state index is 12.9. The van der Waals surface area contributed by atoms with Gasteiger partial charge in [0.1, 0.15) is 0 Å². The quantitative estimate of drug-likeness (QED) is 0.535. The third-order valence-electron chi connectivity index (χ3n) is 4.93. The average molecular weight is 416 g/mol. The molecule has 29 heavy (non-hydrogen) atoms. The minimum Gasteiger partial charge on any atom is -0.356 e. The summed E-state index contributed by atoms with van der Waals surface area (Å²) in [5.41, 5.74) is 1.92. The second-order valence-corrected chi connectivity index (χ2v) is 8.97. The summed E-state index contributed by atoms with van der Waals surface area (Å²) < 4.78 is 27.3. The van der Waals surface area contributed by atoms with E-state index in [1.165, 1.54) is 0 Å². The Hall–Kier alpha value is -2.45. The predicted molar refractivity (Wildman–Crippen MR) is 115 cm³/mol. The summed E-state index contributed by atoms with van der Waals surface area (Å²) in [5, 5.41) is 6.50. The van der Waals surface area contributed by atoms with Crippen molar-refractivity contribution in [2.24, 2.45) is 4.99 Å². The maximum Gasteiger partial charge on any atom is 0.243 e. The van der Waals surface area contributed by atoms with Crippen LogP contribution in [0.2, 0.25) is 0 Å². The number of guanidine groups is 1. The highest BCUT2D eigenvalue weighted by molar-refractivity contribution is 7.89. The van der Waals surface area contributed by atoms with Crippen LogP contribution in [0.5, 0.6) is 0 Å². The summed E-state index contributed by atoms with van der Waals surface area (Å²) in [6.45, 7) is 2.42. The topological polar surface area (TPSA) is 86.7 Å². The molecular formula is C21H29N5O2S. The number of nitrogens with zero attached hydrogens (tertiary/aromatic N) is 3. The first-order valence-electron chi connectivity index (χ1n) is 10.0. The van der Waals surface area contributed by atoms with Crippen molar-refractivity contribution < 1.29 is 8.42 Å². The van der Waals surface area contributed by atoms with Gasteiger partial charge >= 0.3 is 0 Å². The molecule has 0 unspecified atom stereocenters. The fourth-order valence-electron chi connectivity index (χ4n) is 3.33. The highest BCUT2D eigenvalue weighted by atomic mass is 32.2. The molecule has 1 aromatic heterocycles. The number of pyridine rings is 1. The van der Waals surface area contributed by atoms with Crippen LogP contribution in [0.15, 0.2) is 58.5 Å². The Labute approximate surface area is 173 Å². The number of aliphatic imine (C=N–C) groups is 1. The number of benzene rings is 1. The van der Waals surface area contributed by atoms with Crippen LogP contribution in [0.4, 0.5) is 0 Å². The van der Waals surface area contributed by atoms with Crippen LogP contribution in [0.25, 0.3) is 0 Å². The summed E-state index contributed by atoms with van der Waals surface area (Å²) in [6, 6.07) is 13.0. The van der Waals surface area contributed by atoms with E-state index in [1.807, 2.05) is 24.3 Å². The predicted octanol–water partition coefficient (Wildman–Crippen LogP) is 2.16. The minimum atomic E-state index is -3.42. The van der Waals surface area contributed by atoms with Crippen LogP contribution in [-0.2, 0) is 23.0 Å². The first kappa shape index (κ1) is 21.3. The lowest BCUT2D eigenvalue weighted by atomic mass is 10.2. The first-order chi connectivity index (χ1) is 14.1. The lowest BCUT2D eigenvalue weighted by Crippen LogP contribution is -2.38. The van der Waals surface area contributed by atoms with E-state index in [4.69, 9.17) is 0 Å². The Morgan fingerprint density at radius 2 is 1.93 bits per heavy atom. The maximum atomic E-state index is 12.9. The van der Waals surface area contributed by atoms with E-state index < -0.39 is 10.0 Å². The molecule has 0 atom stereocenters. The minimum absolute atomic E-state index is 0.358. The summed E-state index contributed by atoms with van der Waals surface area (Å²) in [4.78, 5) is 8.89. The Kier molecular flexibility index (Phi) is 7.60. The normalized spacial score (nSPS) is 15.8. The Balaban J connectivity index is 1.55. The molecule has 2 heterocycles. The number of aromatic nitrogens is 1. The molecule has 3 rings (SSSR count). The summed E-state index contributed by atoms with van der Waals surface area (Å²) >= 11 is 0. The monoisotopic (exact) mass is 415 g/mol. The molecule has 7 nitrogen and oxygen atoms in total. The molecule has 2 N–H and O–H groups in total. The van der Waals surface area contributed by atoms with Gasteiger partial charge in [-0.3, -0.25) is 9.98 Å². The zero-order valence-corrected chi connectivity index (χ0v) is 17.7. The number of nitrogens with one attached hydrogen (secondary N) is 2. The van der Waals surface area contributed by atoms with Crippen LogP contribution in [0, 0.1) is 0 Å². The molecule has 0 spiro atoms. The molecule has 1 aliphatic heterocycles. The fourth-order valence-corrected chi connectivity index (χ4v) is 4.92. The molecule has 1 aliphatic rings. The van der Waals surface area contributed by atoms with Gasteiger partial charge in [-0.15, -0.1) is 0 Å². The van der Waals surface area contributed by atoms with Crippen LogP contribution >= 0.6 is 0 Å². The molecule has 1 fully saturated rings. The van der Waals surface area contributed by atoms with Crippen molar-refractivity contribution in [3.63, 3.8) is 0 Å². The molecule has 0 aliphatic carbocycles. The molecule has 1 saturated heterocycles. The van der Waals surface area contributed by atoms with Crippen molar-refractivity contribution in [3.05, 3.63) is 59.9 Å². The van der Waals surface area contributed by atoms with Gasteiger partial charge in [0.25, 0.3) is 0 Å². The van der Waals surface area contributed by atoms with Crippen molar-refractivity contribution in [1.82, 2.24) is 19.9 Å². The van der Waals surface area contributed by atoms with Crippen molar-refractivity contribution in [2.45, 2.75) is 37.1 Å².